The summed E-state index contributed by atoms with van der Waals surface area (Å²) in [6, 6.07) is 5.13. The Kier molecular flexibility index (Phi) is 5.01. The van der Waals surface area contributed by atoms with Crippen molar-refractivity contribution in [1.29, 1.82) is 0 Å². The van der Waals surface area contributed by atoms with Crippen LogP contribution in [0.25, 0.3) is 0 Å². The van der Waals surface area contributed by atoms with E-state index in [1.165, 1.54) is 6.07 Å². The van der Waals surface area contributed by atoms with Crippen LogP contribution in [-0.2, 0) is 14.8 Å². The number of alkyl halides is 6. The Morgan fingerprint density at radius 3 is 1.74 bits per heavy atom. The van der Waals surface area contributed by atoms with Gasteiger partial charge in [0.05, 0.1) is 4.90 Å². The van der Waals surface area contributed by atoms with Crippen LogP contribution in [0.2, 0.25) is 0 Å². The zero-order valence-corrected chi connectivity index (χ0v) is 12.1. The van der Waals surface area contributed by atoms with Crippen LogP contribution in [-0.4, -0.2) is 32.3 Å². The van der Waals surface area contributed by atoms with Crippen molar-refractivity contribution in [3.05, 3.63) is 30.3 Å². The summed E-state index contributed by atoms with van der Waals surface area (Å²) in [6.45, 7) is 0.392. The molecule has 1 amide bonds. The van der Waals surface area contributed by atoms with Gasteiger partial charge in [-0.15, -0.1) is 0 Å². The maximum absolute atomic E-state index is 13.0. The zero-order valence-electron chi connectivity index (χ0n) is 11.3. The number of carbonyl (C=O) groups excluding carboxylic acids is 1. The van der Waals surface area contributed by atoms with Gasteiger partial charge >= 0.3 is 12.4 Å². The molecule has 23 heavy (non-hydrogen) atoms. The van der Waals surface area contributed by atoms with Crippen LogP contribution in [0.1, 0.15) is 6.92 Å². The molecule has 130 valence electrons. The van der Waals surface area contributed by atoms with E-state index in [2.05, 4.69) is 0 Å². The quantitative estimate of drug-likeness (QED) is 0.633. The fraction of sp³-hybridized carbons (Fsp3) is 0.364. The molecular weight excluding hydrogens is 354 g/mol. The van der Waals surface area contributed by atoms with Gasteiger partial charge in [-0.25, -0.2) is 8.42 Å². The lowest BCUT2D eigenvalue weighted by Gasteiger charge is -2.37. The van der Waals surface area contributed by atoms with Crippen LogP contribution in [0.5, 0.6) is 0 Å². The lowest BCUT2D eigenvalue weighted by molar-refractivity contribution is -0.309. The van der Waals surface area contributed by atoms with Gasteiger partial charge in [-0.05, 0) is 12.1 Å². The highest BCUT2D eigenvalue weighted by Crippen LogP contribution is 2.42. The molecule has 0 bridgehead atoms. The molecule has 1 aromatic carbocycles. The Bertz CT molecular complexity index is 655. The molecule has 0 heterocycles. The molecule has 1 aromatic rings. The SMILES string of the molecule is CC(=O)NC(NS(=O)(=O)c1ccccc1)(C(F)(F)F)C(F)(F)F. The van der Waals surface area contributed by atoms with Gasteiger partial charge in [-0.3, -0.25) is 4.79 Å². The van der Waals surface area contributed by atoms with E-state index in [1.807, 2.05) is 0 Å². The number of carbonyl (C=O) groups is 1. The Morgan fingerprint density at radius 2 is 1.39 bits per heavy atom. The lowest BCUT2D eigenvalue weighted by Crippen LogP contribution is -2.75. The second-order valence-electron chi connectivity index (χ2n) is 4.35. The first kappa shape index (κ1) is 19.2. The van der Waals surface area contributed by atoms with Crippen molar-refractivity contribution < 1.29 is 39.6 Å². The summed E-state index contributed by atoms with van der Waals surface area (Å²) in [5, 5.41) is 0.620. The van der Waals surface area contributed by atoms with E-state index >= 15 is 0 Å². The third-order valence-corrected chi connectivity index (χ3v) is 4.02. The molecule has 0 unspecified atom stereocenters. The maximum Gasteiger partial charge on any atom is 0.435 e. The molecule has 0 fully saturated rings. The summed E-state index contributed by atoms with van der Waals surface area (Å²) >= 11 is 0. The monoisotopic (exact) mass is 364 g/mol. The first-order chi connectivity index (χ1) is 10.2. The van der Waals surface area contributed by atoms with Crippen LogP contribution in [0.4, 0.5) is 26.3 Å². The summed E-state index contributed by atoms with van der Waals surface area (Å²) in [6.07, 6.45) is -12.4. The Labute approximate surface area is 126 Å². The smallest absolute Gasteiger partial charge is 0.322 e. The number of hydrogen-bond acceptors (Lipinski definition) is 3. The molecule has 5 nitrogen and oxygen atoms in total. The van der Waals surface area contributed by atoms with Crippen molar-refractivity contribution in [2.45, 2.75) is 29.8 Å². The molecule has 0 aliphatic carbocycles. The summed E-state index contributed by atoms with van der Waals surface area (Å²) < 4.78 is 102. The topological polar surface area (TPSA) is 75.3 Å². The molecule has 1 rings (SSSR count). The van der Waals surface area contributed by atoms with Crippen LogP contribution in [0.15, 0.2) is 35.2 Å². The van der Waals surface area contributed by atoms with Crippen molar-refractivity contribution in [2.75, 3.05) is 0 Å². The van der Waals surface area contributed by atoms with Crippen LogP contribution < -0.4 is 10.0 Å². The number of halogens is 6. The average Bonchev–Trinajstić information content (AvgIpc) is 2.35. The molecule has 2 N–H and O–H groups in total. The van der Waals surface area contributed by atoms with E-state index in [4.69, 9.17) is 0 Å². The average molecular weight is 364 g/mol. The first-order valence-corrected chi connectivity index (χ1v) is 7.22. The zero-order chi connectivity index (χ0) is 18.1. The molecule has 0 aromatic heterocycles. The van der Waals surface area contributed by atoms with Crippen molar-refractivity contribution in [1.82, 2.24) is 10.0 Å². The Morgan fingerprint density at radius 1 is 0.957 bits per heavy atom. The Balaban J connectivity index is 3.50. The third-order valence-electron chi connectivity index (χ3n) is 2.55. The van der Waals surface area contributed by atoms with E-state index < -0.39 is 38.8 Å². The highest BCUT2D eigenvalue weighted by Gasteiger charge is 2.73. The van der Waals surface area contributed by atoms with E-state index in [0.29, 0.717) is 17.0 Å². The van der Waals surface area contributed by atoms with Crippen LogP contribution >= 0.6 is 0 Å². The Hall–Kier alpha value is -1.82. The van der Waals surface area contributed by atoms with E-state index in [-0.39, 0.29) is 0 Å². The van der Waals surface area contributed by atoms with Crippen molar-refractivity contribution >= 4 is 15.9 Å². The predicted molar refractivity (Wildman–Crippen MR) is 65.4 cm³/mol. The number of amides is 1. The number of rotatable bonds is 4. The van der Waals surface area contributed by atoms with E-state index in [0.717, 1.165) is 24.3 Å². The molecule has 0 radical (unpaired) electrons. The molecule has 0 aliphatic rings. The maximum atomic E-state index is 13.0. The predicted octanol–water partition coefficient (Wildman–Crippen LogP) is 1.92. The minimum atomic E-state index is -6.18. The van der Waals surface area contributed by atoms with Crippen LogP contribution in [0.3, 0.4) is 0 Å². The van der Waals surface area contributed by atoms with Gasteiger partial charge in [0, 0.05) is 6.92 Å². The second kappa shape index (κ2) is 6.00. The lowest BCUT2D eigenvalue weighted by atomic mass is 10.1. The molecular formula is C11H10F6N2O3S. The fourth-order valence-electron chi connectivity index (χ4n) is 1.57. The molecule has 0 saturated heterocycles. The summed E-state index contributed by atoms with van der Waals surface area (Å²) in [5.41, 5.74) is -5.15. The summed E-state index contributed by atoms with van der Waals surface area (Å²) in [7, 11) is -5.23. The highest BCUT2D eigenvalue weighted by molar-refractivity contribution is 7.89. The van der Waals surface area contributed by atoms with Gasteiger partial charge in [0.1, 0.15) is 0 Å². The van der Waals surface area contributed by atoms with Crippen LogP contribution in [0, 0.1) is 0 Å². The molecule has 12 heteroatoms. The number of nitrogens with one attached hydrogen (secondary N) is 2. The van der Waals surface area contributed by atoms with E-state index in [1.54, 1.807) is 0 Å². The molecule has 0 atom stereocenters. The number of sulfonamides is 1. The molecule has 0 aliphatic heterocycles. The second-order valence-corrected chi connectivity index (χ2v) is 6.03. The normalized spacial score (nSPS) is 13.7. The summed E-state index contributed by atoms with van der Waals surface area (Å²) in [4.78, 5) is 10.00. The van der Waals surface area contributed by atoms with Crippen molar-refractivity contribution in [2.24, 2.45) is 0 Å². The van der Waals surface area contributed by atoms with Gasteiger partial charge in [0.15, 0.2) is 0 Å². The molecule has 0 spiro atoms. The standard InChI is InChI=1S/C11H10F6N2O3S/c1-7(20)18-9(10(12,13)14,11(15,16)17)19-23(21,22)8-5-3-2-4-6-8/h2-6,19H,1H3,(H,18,20). The van der Waals surface area contributed by atoms with Gasteiger partial charge in [-0.1, -0.05) is 18.2 Å². The molecule has 0 saturated carbocycles. The number of benzene rings is 1. The van der Waals surface area contributed by atoms with Crippen molar-refractivity contribution in [3.63, 3.8) is 0 Å². The third kappa shape index (κ3) is 3.93. The fourth-order valence-corrected chi connectivity index (χ4v) is 2.89. The minimum Gasteiger partial charge on any atom is -0.322 e. The number of hydrogen-bond donors (Lipinski definition) is 2. The summed E-state index contributed by atoms with van der Waals surface area (Å²) in [5.74, 6) is -1.73. The largest absolute Gasteiger partial charge is 0.435 e. The highest BCUT2D eigenvalue weighted by atomic mass is 32.2. The van der Waals surface area contributed by atoms with Gasteiger partial charge < -0.3 is 5.32 Å². The first-order valence-electron chi connectivity index (χ1n) is 5.74. The van der Waals surface area contributed by atoms with E-state index in [9.17, 15) is 39.6 Å². The van der Waals surface area contributed by atoms with Crippen molar-refractivity contribution in [3.8, 4) is 0 Å². The minimum absolute atomic E-state index is 0.392. The van der Waals surface area contributed by atoms with Gasteiger partial charge in [-0.2, -0.15) is 31.1 Å². The van der Waals surface area contributed by atoms with Gasteiger partial charge in [0.25, 0.3) is 5.66 Å². The van der Waals surface area contributed by atoms with Gasteiger partial charge in [0.2, 0.25) is 15.9 Å².